The Bertz CT molecular complexity index is 238. The highest BCUT2D eigenvalue weighted by molar-refractivity contribution is 8.67. The fourth-order valence-corrected chi connectivity index (χ4v) is 5.99. The molecule has 0 aliphatic heterocycles. The van der Waals surface area contributed by atoms with Crippen molar-refractivity contribution >= 4 is 28.9 Å². The molecule has 0 amide bonds. The van der Waals surface area contributed by atoms with Crippen LogP contribution in [0.4, 0.5) is 0 Å². The fourth-order valence-electron chi connectivity index (χ4n) is 1.31. The van der Waals surface area contributed by atoms with Crippen LogP contribution < -0.4 is 0 Å². The van der Waals surface area contributed by atoms with Crippen LogP contribution in [0.1, 0.15) is 60.8 Å². The molecule has 0 N–H and O–H groups in total. The first-order valence-electron chi connectivity index (χ1n) is 7.79. The summed E-state index contributed by atoms with van der Waals surface area (Å²) in [6.45, 7) is 14.8. The summed E-state index contributed by atoms with van der Waals surface area (Å²) in [7, 11) is 0. The third-order valence-electron chi connectivity index (χ3n) is 2.83. The molecule has 0 aromatic heterocycles. The molecule has 0 atom stereocenters. The van der Waals surface area contributed by atoms with Crippen LogP contribution in [-0.2, 0) is 20.9 Å². The first kappa shape index (κ1) is 20.9. The van der Waals surface area contributed by atoms with E-state index < -0.39 is 5.69 Å². The maximum atomic E-state index is 5.97. The minimum absolute atomic E-state index is 0.648. The van der Waals surface area contributed by atoms with E-state index in [9.17, 15) is 0 Å². The van der Waals surface area contributed by atoms with Gasteiger partial charge >= 0.3 is 0 Å². The number of hydrogen-bond donors (Lipinski definition) is 0. The Morgan fingerprint density at radius 1 is 0.800 bits per heavy atom. The molecule has 0 bridgehead atoms. The van der Waals surface area contributed by atoms with Crippen molar-refractivity contribution in [2.24, 2.45) is 17.8 Å². The molecule has 0 aliphatic carbocycles. The first-order chi connectivity index (χ1) is 9.25. The van der Waals surface area contributed by atoms with Crippen molar-refractivity contribution in [2.75, 3.05) is 19.0 Å². The van der Waals surface area contributed by atoms with Gasteiger partial charge in [0.1, 0.15) is 0 Å². The van der Waals surface area contributed by atoms with Gasteiger partial charge in [-0.25, -0.2) is 0 Å². The molecule has 0 aromatic rings. The van der Waals surface area contributed by atoms with Crippen molar-refractivity contribution in [3.63, 3.8) is 0 Å². The van der Waals surface area contributed by atoms with E-state index in [2.05, 4.69) is 41.5 Å². The van der Waals surface area contributed by atoms with Crippen LogP contribution in [0.15, 0.2) is 0 Å². The Morgan fingerprint density at radius 3 is 1.55 bits per heavy atom. The van der Waals surface area contributed by atoms with Gasteiger partial charge in [0.05, 0.1) is 13.2 Å². The molecular formula is C15H33O2PS2. The summed E-state index contributed by atoms with van der Waals surface area (Å²) in [6, 6.07) is 0. The van der Waals surface area contributed by atoms with Crippen molar-refractivity contribution in [2.45, 2.75) is 60.8 Å². The van der Waals surface area contributed by atoms with Gasteiger partial charge < -0.3 is 9.05 Å². The van der Waals surface area contributed by atoms with Gasteiger partial charge in [-0.2, -0.15) is 0 Å². The Hall–Kier alpha value is 0.920. The summed E-state index contributed by atoms with van der Waals surface area (Å²) in [5, 5.41) is 0. The highest BCUT2D eigenvalue weighted by atomic mass is 32.9. The molecule has 0 rings (SSSR count). The van der Waals surface area contributed by atoms with Gasteiger partial charge in [-0.3, -0.25) is 0 Å². The topological polar surface area (TPSA) is 18.5 Å². The van der Waals surface area contributed by atoms with Crippen molar-refractivity contribution in [3.05, 3.63) is 0 Å². The fraction of sp³-hybridized carbons (Fsp3) is 1.00. The molecule has 0 saturated heterocycles. The second-order valence-corrected chi connectivity index (χ2v) is 12.9. The van der Waals surface area contributed by atoms with E-state index in [0.717, 1.165) is 31.8 Å². The van der Waals surface area contributed by atoms with Crippen LogP contribution >= 0.6 is 17.1 Å². The molecule has 0 heterocycles. The zero-order chi connectivity index (χ0) is 15.6. The van der Waals surface area contributed by atoms with Crippen molar-refractivity contribution in [1.82, 2.24) is 0 Å². The van der Waals surface area contributed by atoms with Crippen LogP contribution in [-0.4, -0.2) is 19.0 Å². The minimum atomic E-state index is -2.14. The molecule has 122 valence electrons. The van der Waals surface area contributed by atoms with E-state index in [-0.39, 0.29) is 0 Å². The van der Waals surface area contributed by atoms with Crippen molar-refractivity contribution in [3.8, 4) is 0 Å². The highest BCUT2D eigenvalue weighted by Crippen LogP contribution is 2.61. The molecule has 0 spiro atoms. The Labute approximate surface area is 135 Å². The standard InChI is InChI=1S/C15H33O2PS2/c1-13(2)7-10-16-18(19,17-11-8-14(3)4)20-12-9-15(5)6/h13-15H,7-12H2,1-6H3. The quantitative estimate of drug-likeness (QED) is 0.398. The van der Waals surface area contributed by atoms with E-state index in [1.54, 1.807) is 11.4 Å². The van der Waals surface area contributed by atoms with Gasteiger partial charge in [-0.15, -0.1) is 0 Å². The zero-order valence-electron chi connectivity index (χ0n) is 14.1. The summed E-state index contributed by atoms with van der Waals surface area (Å²) in [5.74, 6) is 3.04. The predicted molar refractivity (Wildman–Crippen MR) is 97.0 cm³/mol. The molecule has 0 fully saturated rings. The van der Waals surface area contributed by atoms with E-state index in [4.69, 9.17) is 20.9 Å². The van der Waals surface area contributed by atoms with Crippen LogP contribution in [0.25, 0.3) is 0 Å². The maximum Gasteiger partial charge on any atom is 0.247 e. The second kappa shape index (κ2) is 11.5. The van der Waals surface area contributed by atoms with Crippen LogP contribution in [0.3, 0.4) is 0 Å². The lowest BCUT2D eigenvalue weighted by molar-refractivity contribution is 0.237. The molecule has 0 saturated carbocycles. The van der Waals surface area contributed by atoms with Crippen molar-refractivity contribution < 1.29 is 9.05 Å². The SMILES string of the molecule is CC(C)CCOP(=S)(OCCC(C)C)SCCC(C)C. The molecule has 5 heteroatoms. The summed E-state index contributed by atoms with van der Waals surface area (Å²) in [4.78, 5) is 0. The lowest BCUT2D eigenvalue weighted by Gasteiger charge is -2.23. The number of rotatable bonds is 12. The monoisotopic (exact) mass is 340 g/mol. The van der Waals surface area contributed by atoms with Gasteiger partial charge in [0.15, 0.2) is 0 Å². The summed E-state index contributed by atoms with van der Waals surface area (Å²) in [6.07, 6.45) is 3.28. The zero-order valence-corrected chi connectivity index (χ0v) is 16.6. The molecule has 0 unspecified atom stereocenters. The largest absolute Gasteiger partial charge is 0.322 e. The molecule has 0 aromatic carbocycles. The van der Waals surface area contributed by atoms with Crippen LogP contribution in [0, 0.1) is 17.8 Å². The van der Waals surface area contributed by atoms with E-state index in [1.807, 2.05) is 0 Å². The van der Waals surface area contributed by atoms with Crippen LogP contribution in [0.2, 0.25) is 0 Å². The van der Waals surface area contributed by atoms with Gasteiger partial charge in [-0.05, 0) is 48.8 Å². The lowest BCUT2D eigenvalue weighted by atomic mass is 10.2. The van der Waals surface area contributed by atoms with E-state index in [1.165, 1.54) is 6.42 Å². The van der Waals surface area contributed by atoms with Gasteiger partial charge in [0.2, 0.25) is 5.69 Å². The Kier molecular flexibility index (Phi) is 12.0. The lowest BCUT2D eigenvalue weighted by Crippen LogP contribution is -2.02. The predicted octanol–water partition coefficient (Wildman–Crippen LogP) is 6.12. The second-order valence-electron chi connectivity index (χ2n) is 6.49. The van der Waals surface area contributed by atoms with Gasteiger partial charge in [-0.1, -0.05) is 52.9 Å². The molecule has 0 radical (unpaired) electrons. The maximum absolute atomic E-state index is 5.97. The van der Waals surface area contributed by atoms with Gasteiger partial charge in [0.25, 0.3) is 0 Å². The Morgan fingerprint density at radius 2 is 1.20 bits per heavy atom. The first-order valence-corrected chi connectivity index (χ1v) is 12.0. The average molecular weight is 341 g/mol. The summed E-state index contributed by atoms with van der Waals surface area (Å²) >= 11 is 7.42. The summed E-state index contributed by atoms with van der Waals surface area (Å²) < 4.78 is 11.9. The van der Waals surface area contributed by atoms with Gasteiger partial charge in [0, 0.05) is 5.75 Å². The third kappa shape index (κ3) is 12.6. The molecule has 2 nitrogen and oxygen atoms in total. The van der Waals surface area contributed by atoms with E-state index in [0.29, 0.717) is 17.8 Å². The Balaban J connectivity index is 4.23. The highest BCUT2D eigenvalue weighted by Gasteiger charge is 2.20. The van der Waals surface area contributed by atoms with E-state index >= 15 is 0 Å². The van der Waals surface area contributed by atoms with Crippen LogP contribution in [0.5, 0.6) is 0 Å². The summed E-state index contributed by atoms with van der Waals surface area (Å²) in [5.41, 5.74) is -2.14. The normalized spacial score (nSPS) is 12.8. The molecule has 20 heavy (non-hydrogen) atoms. The molecule has 0 aliphatic rings. The minimum Gasteiger partial charge on any atom is -0.322 e. The smallest absolute Gasteiger partial charge is 0.247 e. The third-order valence-corrected chi connectivity index (χ3v) is 8.28. The average Bonchev–Trinajstić information content (AvgIpc) is 2.27. The molecular weight excluding hydrogens is 307 g/mol. The van der Waals surface area contributed by atoms with Crippen molar-refractivity contribution in [1.29, 1.82) is 0 Å². The number of hydrogen-bond acceptors (Lipinski definition) is 4.